The largest absolute Gasteiger partial charge is 0.475 e. The summed E-state index contributed by atoms with van der Waals surface area (Å²) in [5.74, 6) is 0.423. The predicted molar refractivity (Wildman–Crippen MR) is 106 cm³/mol. The topological polar surface area (TPSA) is 76.1 Å². The average molecular weight is 362 g/mol. The molecule has 2 aromatic carbocycles. The Balaban J connectivity index is 1.40. The van der Waals surface area contributed by atoms with Crippen molar-refractivity contribution in [1.29, 1.82) is 0 Å². The molecule has 138 valence electrons. The number of hydrogen-bond donors (Lipinski definition) is 2. The summed E-state index contributed by atoms with van der Waals surface area (Å²) in [5.41, 5.74) is 3.78. The number of amides is 2. The Morgan fingerprint density at radius 2 is 1.74 bits per heavy atom. The number of aryl methyl sites for hydroxylation is 1. The van der Waals surface area contributed by atoms with Crippen molar-refractivity contribution in [2.45, 2.75) is 13.3 Å². The predicted octanol–water partition coefficient (Wildman–Crippen LogP) is 3.91. The molecule has 1 heterocycles. The molecule has 3 aromatic rings. The molecule has 0 spiro atoms. The lowest BCUT2D eigenvalue weighted by molar-refractivity contribution is 0.246. The smallest absolute Gasteiger partial charge is 0.319 e. The van der Waals surface area contributed by atoms with Crippen LogP contribution in [0, 0.1) is 0 Å². The van der Waals surface area contributed by atoms with E-state index in [4.69, 9.17) is 4.74 Å². The average Bonchev–Trinajstić information content (AvgIpc) is 2.73. The number of nitrogens with one attached hydrogen (secondary N) is 2. The van der Waals surface area contributed by atoms with Crippen LogP contribution in [-0.4, -0.2) is 29.4 Å². The second-order valence-corrected chi connectivity index (χ2v) is 5.90. The van der Waals surface area contributed by atoms with E-state index in [-0.39, 0.29) is 6.03 Å². The van der Waals surface area contributed by atoms with Crippen molar-refractivity contribution in [2.75, 3.05) is 18.5 Å². The van der Waals surface area contributed by atoms with Gasteiger partial charge in [-0.3, -0.25) is 0 Å². The van der Waals surface area contributed by atoms with Crippen LogP contribution in [0.2, 0.25) is 0 Å². The number of hydrogen-bond acceptors (Lipinski definition) is 4. The van der Waals surface area contributed by atoms with Crippen LogP contribution in [0.15, 0.2) is 66.7 Å². The van der Waals surface area contributed by atoms with Gasteiger partial charge in [0, 0.05) is 17.3 Å². The summed E-state index contributed by atoms with van der Waals surface area (Å²) in [5, 5.41) is 13.7. The van der Waals surface area contributed by atoms with E-state index in [2.05, 4.69) is 27.8 Å². The molecule has 2 amide bonds. The molecule has 0 unspecified atom stereocenters. The van der Waals surface area contributed by atoms with Gasteiger partial charge in [0.25, 0.3) is 0 Å². The molecule has 0 radical (unpaired) electrons. The van der Waals surface area contributed by atoms with Crippen LogP contribution in [0.3, 0.4) is 0 Å². The number of carbonyl (C=O) groups excluding carboxylic acids is 1. The van der Waals surface area contributed by atoms with Crippen molar-refractivity contribution in [3.05, 3.63) is 72.3 Å². The highest BCUT2D eigenvalue weighted by Crippen LogP contribution is 2.16. The molecule has 1 aromatic heterocycles. The normalized spacial score (nSPS) is 10.3. The van der Waals surface area contributed by atoms with Gasteiger partial charge >= 0.3 is 6.03 Å². The number of nitrogens with zero attached hydrogens (tertiary/aromatic N) is 2. The van der Waals surface area contributed by atoms with E-state index < -0.39 is 0 Å². The Hall–Kier alpha value is -3.41. The van der Waals surface area contributed by atoms with Gasteiger partial charge in [-0.05, 0) is 30.2 Å². The first-order valence-corrected chi connectivity index (χ1v) is 8.90. The fourth-order valence-corrected chi connectivity index (χ4v) is 2.48. The zero-order valence-electron chi connectivity index (χ0n) is 15.2. The second-order valence-electron chi connectivity index (χ2n) is 5.90. The third-order valence-electron chi connectivity index (χ3n) is 3.97. The van der Waals surface area contributed by atoms with E-state index in [1.807, 2.05) is 60.7 Å². The molecule has 0 saturated carbocycles. The van der Waals surface area contributed by atoms with Crippen molar-refractivity contribution in [3.8, 4) is 17.1 Å². The lowest BCUT2D eigenvalue weighted by atomic mass is 10.1. The van der Waals surface area contributed by atoms with Crippen LogP contribution in [0.25, 0.3) is 11.3 Å². The summed E-state index contributed by atoms with van der Waals surface area (Å²) in [6.07, 6.45) is 0.971. The Morgan fingerprint density at radius 1 is 0.963 bits per heavy atom. The van der Waals surface area contributed by atoms with E-state index in [1.165, 1.54) is 5.56 Å². The minimum Gasteiger partial charge on any atom is -0.475 e. The fourth-order valence-electron chi connectivity index (χ4n) is 2.48. The van der Waals surface area contributed by atoms with E-state index in [9.17, 15) is 4.79 Å². The summed E-state index contributed by atoms with van der Waals surface area (Å²) in [4.78, 5) is 11.9. The third kappa shape index (κ3) is 5.54. The quantitative estimate of drug-likeness (QED) is 0.625. The maximum absolute atomic E-state index is 11.9. The highest BCUT2D eigenvalue weighted by molar-refractivity contribution is 5.89. The lowest BCUT2D eigenvalue weighted by Gasteiger charge is -2.09. The van der Waals surface area contributed by atoms with E-state index in [0.717, 1.165) is 23.4 Å². The summed E-state index contributed by atoms with van der Waals surface area (Å²) < 4.78 is 5.51. The van der Waals surface area contributed by atoms with E-state index in [1.54, 1.807) is 6.07 Å². The zero-order valence-corrected chi connectivity index (χ0v) is 15.2. The molecule has 0 aliphatic rings. The molecule has 0 aliphatic carbocycles. The summed E-state index contributed by atoms with van der Waals surface area (Å²) in [6, 6.07) is 20.9. The van der Waals surface area contributed by atoms with Gasteiger partial charge in [-0.1, -0.05) is 49.4 Å². The number of benzene rings is 2. The van der Waals surface area contributed by atoms with Gasteiger partial charge in [0.2, 0.25) is 5.88 Å². The molecular weight excluding hydrogens is 340 g/mol. The number of anilines is 1. The number of aromatic nitrogens is 2. The van der Waals surface area contributed by atoms with Crippen LogP contribution >= 0.6 is 0 Å². The van der Waals surface area contributed by atoms with Gasteiger partial charge in [0.15, 0.2) is 0 Å². The van der Waals surface area contributed by atoms with Gasteiger partial charge in [-0.25, -0.2) is 4.79 Å². The van der Waals surface area contributed by atoms with Gasteiger partial charge < -0.3 is 15.4 Å². The van der Waals surface area contributed by atoms with Crippen molar-refractivity contribution >= 4 is 11.7 Å². The van der Waals surface area contributed by atoms with Gasteiger partial charge in [-0.15, -0.1) is 10.2 Å². The zero-order chi connectivity index (χ0) is 18.9. The van der Waals surface area contributed by atoms with E-state index >= 15 is 0 Å². The van der Waals surface area contributed by atoms with Crippen LogP contribution in [0.5, 0.6) is 5.88 Å². The number of carbonyl (C=O) groups is 1. The van der Waals surface area contributed by atoms with Gasteiger partial charge in [0.05, 0.1) is 12.2 Å². The molecule has 0 aliphatic heterocycles. The Labute approximate surface area is 158 Å². The first-order valence-electron chi connectivity index (χ1n) is 8.90. The van der Waals surface area contributed by atoms with Crippen LogP contribution < -0.4 is 15.4 Å². The van der Waals surface area contributed by atoms with Gasteiger partial charge in [0.1, 0.15) is 6.61 Å². The molecule has 6 heteroatoms. The maximum atomic E-state index is 11.9. The van der Waals surface area contributed by atoms with Crippen molar-refractivity contribution in [3.63, 3.8) is 0 Å². The minimum atomic E-state index is -0.270. The van der Waals surface area contributed by atoms with Crippen LogP contribution in [0.4, 0.5) is 10.5 Å². The van der Waals surface area contributed by atoms with Crippen molar-refractivity contribution in [2.24, 2.45) is 0 Å². The van der Waals surface area contributed by atoms with Crippen molar-refractivity contribution < 1.29 is 9.53 Å². The molecule has 6 nitrogen and oxygen atoms in total. The maximum Gasteiger partial charge on any atom is 0.319 e. The van der Waals surface area contributed by atoms with E-state index in [0.29, 0.717) is 19.0 Å². The molecule has 0 bridgehead atoms. The summed E-state index contributed by atoms with van der Waals surface area (Å²) >= 11 is 0. The SMILES string of the molecule is CCc1ccc(NC(=O)NCCOc2ccc(-c3ccccc3)nn2)cc1. The monoisotopic (exact) mass is 362 g/mol. The summed E-state index contributed by atoms with van der Waals surface area (Å²) in [7, 11) is 0. The van der Waals surface area contributed by atoms with Gasteiger partial charge in [-0.2, -0.15) is 0 Å². The molecular formula is C21H22N4O2. The Morgan fingerprint density at radius 3 is 2.41 bits per heavy atom. The molecule has 2 N–H and O–H groups in total. The Kier molecular flexibility index (Phi) is 6.35. The summed E-state index contributed by atoms with van der Waals surface area (Å²) in [6.45, 7) is 2.76. The standard InChI is InChI=1S/C21H22N4O2/c1-2-16-8-10-18(11-9-16)23-21(26)22-14-15-27-20-13-12-19(24-25-20)17-6-4-3-5-7-17/h3-13H,2,14-15H2,1H3,(H2,22,23,26). The molecule has 27 heavy (non-hydrogen) atoms. The molecule has 0 atom stereocenters. The Bertz CT molecular complexity index is 850. The highest BCUT2D eigenvalue weighted by atomic mass is 16.5. The third-order valence-corrected chi connectivity index (χ3v) is 3.97. The molecule has 0 saturated heterocycles. The number of urea groups is 1. The second kappa shape index (κ2) is 9.33. The fraction of sp³-hybridized carbons (Fsp3) is 0.190. The van der Waals surface area contributed by atoms with Crippen LogP contribution in [0.1, 0.15) is 12.5 Å². The molecule has 0 fully saturated rings. The van der Waals surface area contributed by atoms with Crippen molar-refractivity contribution in [1.82, 2.24) is 15.5 Å². The highest BCUT2D eigenvalue weighted by Gasteiger charge is 2.03. The number of rotatable bonds is 7. The van der Waals surface area contributed by atoms with Crippen LogP contribution in [-0.2, 0) is 6.42 Å². The lowest BCUT2D eigenvalue weighted by Crippen LogP contribution is -2.32. The first kappa shape index (κ1) is 18.4. The minimum absolute atomic E-state index is 0.270. The number of ether oxygens (including phenoxy) is 1. The first-order chi connectivity index (χ1) is 13.2. The molecule has 3 rings (SSSR count).